The number of amides is 3. The number of pyridine rings is 1. The molecule has 1 unspecified atom stereocenters. The van der Waals surface area contributed by atoms with Crippen molar-refractivity contribution in [3.63, 3.8) is 0 Å². The number of nitrogens with zero attached hydrogens (tertiary/aromatic N) is 1. The number of carbonyl (C=O) groups is 3. The van der Waals surface area contributed by atoms with Crippen molar-refractivity contribution >= 4 is 52.0 Å². The molecule has 11 nitrogen and oxygen atoms in total. The van der Waals surface area contributed by atoms with Gasteiger partial charge in [-0.1, -0.05) is 90.1 Å². The van der Waals surface area contributed by atoms with Gasteiger partial charge in [-0.25, -0.2) is 4.98 Å². The third-order valence-corrected chi connectivity index (χ3v) is 11.4. The molecule has 3 amide bonds. The number of fused-ring (bicyclic) bond motifs is 3. The maximum Gasteiger partial charge on any atom is 0.243 e. The summed E-state index contributed by atoms with van der Waals surface area (Å²) in [6.45, 7) is 1.34. The number of para-hydroxylation sites is 1. The Morgan fingerprint density at radius 1 is 0.741 bits per heavy atom. The van der Waals surface area contributed by atoms with Gasteiger partial charge in [-0.05, 0) is 79.6 Å². The fourth-order valence-corrected chi connectivity index (χ4v) is 8.11. The average Bonchev–Trinajstić information content (AvgIpc) is 3.60. The van der Waals surface area contributed by atoms with Crippen LogP contribution >= 0.6 is 23.4 Å². The van der Waals surface area contributed by atoms with Crippen molar-refractivity contribution in [1.29, 1.82) is 0 Å². The van der Waals surface area contributed by atoms with Crippen molar-refractivity contribution in [1.82, 2.24) is 31.2 Å². The van der Waals surface area contributed by atoms with Crippen molar-refractivity contribution in [3.05, 3.63) is 113 Å². The number of H-pyrrole nitrogens is 1. The lowest BCUT2D eigenvalue weighted by molar-refractivity contribution is -0.132. The summed E-state index contributed by atoms with van der Waals surface area (Å²) in [4.78, 5) is 51.1. The predicted octanol–water partition coefficient (Wildman–Crippen LogP) is 5.20. The van der Waals surface area contributed by atoms with E-state index in [9.17, 15) is 14.4 Å². The van der Waals surface area contributed by atoms with E-state index in [1.165, 1.54) is 11.8 Å². The third-order valence-electron chi connectivity index (χ3n) is 9.63. The molecule has 6 rings (SSSR count). The smallest absolute Gasteiger partial charge is 0.243 e. The van der Waals surface area contributed by atoms with Gasteiger partial charge in [0, 0.05) is 53.3 Å². The number of aromatic amines is 1. The lowest BCUT2D eigenvalue weighted by Gasteiger charge is -2.25. The summed E-state index contributed by atoms with van der Waals surface area (Å²) in [5, 5.41) is 14.7. The molecule has 13 heteroatoms. The Labute approximate surface area is 324 Å². The van der Waals surface area contributed by atoms with E-state index in [2.05, 4.69) is 26.3 Å². The number of rotatable bonds is 10. The van der Waals surface area contributed by atoms with Gasteiger partial charge in [0.1, 0.15) is 17.1 Å². The van der Waals surface area contributed by atoms with E-state index in [0.29, 0.717) is 61.8 Å². The molecular formula is C41H47ClN8O3S. The maximum atomic E-state index is 14.2. The molecule has 0 bridgehead atoms. The van der Waals surface area contributed by atoms with Crippen molar-refractivity contribution in [2.75, 3.05) is 13.1 Å². The monoisotopic (exact) mass is 766 g/mol. The molecule has 282 valence electrons. The van der Waals surface area contributed by atoms with Gasteiger partial charge in [-0.3, -0.25) is 14.4 Å². The van der Waals surface area contributed by atoms with Crippen LogP contribution in [0.3, 0.4) is 0 Å². The minimum Gasteiger partial charge on any atom is -0.361 e. The highest BCUT2D eigenvalue weighted by Crippen LogP contribution is 2.42. The molecule has 0 spiro atoms. The largest absolute Gasteiger partial charge is 0.361 e. The first-order valence-corrected chi connectivity index (χ1v) is 19.6. The second-order valence-corrected chi connectivity index (χ2v) is 14.8. The number of nitrogens with one attached hydrogen (secondary N) is 5. The fourth-order valence-electron chi connectivity index (χ4n) is 6.66. The van der Waals surface area contributed by atoms with Crippen LogP contribution < -0.4 is 32.7 Å². The van der Waals surface area contributed by atoms with Crippen molar-refractivity contribution in [3.8, 4) is 11.1 Å². The molecule has 3 aromatic carbocycles. The lowest BCUT2D eigenvalue weighted by Crippen LogP contribution is -2.56. The molecule has 0 radical (unpaired) electrons. The molecule has 0 saturated heterocycles. The van der Waals surface area contributed by atoms with Gasteiger partial charge in [0.05, 0.1) is 11.1 Å². The quantitative estimate of drug-likeness (QED) is 0.0948. The van der Waals surface area contributed by atoms with E-state index in [0.717, 1.165) is 43.6 Å². The summed E-state index contributed by atoms with van der Waals surface area (Å²) >= 11 is 8.66. The Morgan fingerprint density at radius 2 is 1.48 bits per heavy atom. The number of benzene rings is 3. The van der Waals surface area contributed by atoms with Gasteiger partial charge in [0.2, 0.25) is 17.7 Å². The first-order chi connectivity index (χ1) is 26.4. The minimum absolute atomic E-state index is 0.147. The number of aromatic nitrogens is 2. The van der Waals surface area contributed by atoms with Gasteiger partial charge < -0.3 is 37.7 Å². The highest BCUT2D eigenvalue weighted by Gasteiger charge is 2.30. The highest BCUT2D eigenvalue weighted by atomic mass is 35.5. The summed E-state index contributed by atoms with van der Waals surface area (Å²) < 4.78 is 0. The molecule has 3 atom stereocenters. The minimum atomic E-state index is -0.954. The normalized spacial score (nSPS) is 18.6. The summed E-state index contributed by atoms with van der Waals surface area (Å²) in [5.41, 5.74) is 16.9. The number of unbranched alkanes of at least 4 members (excludes halogenated alkanes) is 1. The van der Waals surface area contributed by atoms with Gasteiger partial charge in [0.25, 0.3) is 0 Å². The van der Waals surface area contributed by atoms with Crippen LogP contribution in [0.2, 0.25) is 5.02 Å². The number of hydrogen-bond acceptors (Lipinski definition) is 8. The van der Waals surface area contributed by atoms with Crippen LogP contribution in [0.25, 0.3) is 22.0 Å². The SMILES string of the molecule is NCCCCC1NC(=O)[C@H](CCCN)NCc2cccnc2Sc2c(ccc(-c3ccccc3)c2Cl)CNC(=O)[C@H](Cc2c[nH]c3ccccc23)NC1=O. The Morgan fingerprint density at radius 3 is 2.30 bits per heavy atom. The van der Waals surface area contributed by atoms with E-state index in [1.807, 2.05) is 85.1 Å². The van der Waals surface area contributed by atoms with E-state index in [4.69, 9.17) is 28.1 Å². The van der Waals surface area contributed by atoms with Crippen molar-refractivity contribution < 1.29 is 14.4 Å². The first kappa shape index (κ1) is 39.0. The van der Waals surface area contributed by atoms with Crippen LogP contribution in [0.1, 0.15) is 48.8 Å². The molecule has 0 aliphatic carbocycles. The molecule has 1 aliphatic rings. The van der Waals surface area contributed by atoms with E-state index in [1.54, 1.807) is 6.20 Å². The Hall–Kier alpha value is -4.72. The molecular weight excluding hydrogens is 720 g/mol. The molecule has 0 saturated carbocycles. The Kier molecular flexibility index (Phi) is 13.7. The molecule has 9 N–H and O–H groups in total. The van der Waals surface area contributed by atoms with Crippen molar-refractivity contribution in [2.24, 2.45) is 11.5 Å². The van der Waals surface area contributed by atoms with Crippen LogP contribution in [0.15, 0.2) is 101 Å². The molecule has 3 heterocycles. The van der Waals surface area contributed by atoms with Crippen LogP contribution in [-0.2, 0) is 33.9 Å². The van der Waals surface area contributed by atoms with Crippen LogP contribution in [-0.4, -0.2) is 58.9 Å². The molecule has 1 aliphatic heterocycles. The van der Waals surface area contributed by atoms with Gasteiger partial charge in [-0.2, -0.15) is 0 Å². The Balaban J connectivity index is 1.41. The number of carbonyl (C=O) groups excluding carboxylic acids is 3. The highest BCUT2D eigenvalue weighted by molar-refractivity contribution is 7.99. The van der Waals surface area contributed by atoms with E-state index < -0.39 is 24.0 Å². The first-order valence-electron chi connectivity index (χ1n) is 18.4. The summed E-state index contributed by atoms with van der Waals surface area (Å²) in [5.74, 6) is -1.13. The number of hydrogen-bond donors (Lipinski definition) is 7. The maximum absolute atomic E-state index is 14.2. The van der Waals surface area contributed by atoms with Crippen LogP contribution in [0.5, 0.6) is 0 Å². The summed E-state index contributed by atoms with van der Waals surface area (Å²) in [6.07, 6.45) is 6.53. The zero-order valence-corrected chi connectivity index (χ0v) is 31.6. The zero-order chi connectivity index (χ0) is 37.9. The fraction of sp³-hybridized carbons (Fsp3) is 0.317. The second kappa shape index (κ2) is 19.0. The molecule has 2 aromatic heterocycles. The molecule has 0 fully saturated rings. The second-order valence-electron chi connectivity index (χ2n) is 13.4. The molecule has 5 aromatic rings. The Bertz CT molecular complexity index is 2060. The average molecular weight is 767 g/mol. The van der Waals surface area contributed by atoms with Crippen LogP contribution in [0, 0.1) is 0 Å². The van der Waals surface area contributed by atoms with E-state index >= 15 is 0 Å². The standard InChI is InChI=1S/C41H47ClN8O3S/c42-36-31(26-10-2-1-3-11-26)18-17-27-23-48-38(51)35(22-29-25-46-32-14-5-4-13-30(29)32)50-40(53)34(15-6-7-19-43)49-39(52)33(16-8-20-44)47-24-28-12-9-21-45-41(28)54-37(27)36/h1-5,9-14,17-18,21,25,33-35,46-47H,6-8,15-16,19-20,22-24,43-44H2,(H,48,51)(H,49,52)(H,50,53)/t33-,34?,35-/m0/s1. The van der Waals surface area contributed by atoms with Crippen molar-refractivity contribution in [2.45, 2.75) is 79.7 Å². The van der Waals surface area contributed by atoms with E-state index in [-0.39, 0.29) is 24.8 Å². The number of halogens is 1. The molecule has 54 heavy (non-hydrogen) atoms. The summed E-state index contributed by atoms with van der Waals surface area (Å²) in [6, 6.07) is 23.0. The van der Waals surface area contributed by atoms with Gasteiger partial charge >= 0.3 is 0 Å². The zero-order valence-electron chi connectivity index (χ0n) is 30.1. The third kappa shape index (κ3) is 9.68. The topological polar surface area (TPSA) is 180 Å². The lowest BCUT2D eigenvalue weighted by atomic mass is 10.0. The number of nitrogens with two attached hydrogens (primary N) is 2. The van der Waals surface area contributed by atoms with Gasteiger partial charge in [0.15, 0.2) is 0 Å². The van der Waals surface area contributed by atoms with Crippen LogP contribution in [0.4, 0.5) is 0 Å². The van der Waals surface area contributed by atoms with Gasteiger partial charge in [-0.15, -0.1) is 0 Å². The summed E-state index contributed by atoms with van der Waals surface area (Å²) in [7, 11) is 0. The predicted molar refractivity (Wildman–Crippen MR) is 215 cm³/mol.